The number of aromatic amines is 1. The predicted molar refractivity (Wildman–Crippen MR) is 66.1 cm³/mol. The summed E-state index contributed by atoms with van der Waals surface area (Å²) < 4.78 is 14.4. The van der Waals surface area contributed by atoms with E-state index in [1.807, 2.05) is 13.0 Å². The number of hydrogen-bond donors (Lipinski definition) is 1. The lowest BCUT2D eigenvalue weighted by Gasteiger charge is -2.03. The van der Waals surface area contributed by atoms with Crippen LogP contribution in [0.3, 0.4) is 0 Å². The summed E-state index contributed by atoms with van der Waals surface area (Å²) in [6, 6.07) is 6.78. The first-order valence-electron chi connectivity index (χ1n) is 4.71. The minimum atomic E-state index is -0.202. The van der Waals surface area contributed by atoms with E-state index in [1.165, 1.54) is 6.07 Å². The van der Waals surface area contributed by atoms with Crippen LogP contribution in [0, 0.1) is 9.52 Å². The van der Waals surface area contributed by atoms with Gasteiger partial charge in [0.25, 0.3) is 0 Å². The van der Waals surface area contributed by atoms with Gasteiger partial charge in [0.1, 0.15) is 9.52 Å². The van der Waals surface area contributed by atoms with E-state index in [0.29, 0.717) is 5.56 Å². The topological polar surface area (TPSA) is 28.7 Å². The van der Waals surface area contributed by atoms with Gasteiger partial charge < -0.3 is 0 Å². The number of nitrogens with one attached hydrogen (secondary N) is 1. The van der Waals surface area contributed by atoms with Crippen molar-refractivity contribution in [2.45, 2.75) is 13.3 Å². The van der Waals surface area contributed by atoms with Crippen LogP contribution in [0.1, 0.15) is 12.6 Å². The number of aryl methyl sites for hydroxylation is 1. The Kier molecular flexibility index (Phi) is 3.04. The third-order valence-electron chi connectivity index (χ3n) is 2.29. The van der Waals surface area contributed by atoms with Crippen molar-refractivity contribution in [3.05, 3.63) is 39.5 Å². The summed E-state index contributed by atoms with van der Waals surface area (Å²) in [5, 5.41) is 7.03. The van der Waals surface area contributed by atoms with Gasteiger partial charge in [-0.25, -0.2) is 4.39 Å². The van der Waals surface area contributed by atoms with E-state index in [4.69, 9.17) is 0 Å². The van der Waals surface area contributed by atoms with E-state index in [2.05, 4.69) is 32.8 Å². The summed E-state index contributed by atoms with van der Waals surface area (Å²) in [4.78, 5) is 0. The fourth-order valence-electron chi connectivity index (χ4n) is 1.55. The molecule has 1 aromatic heterocycles. The lowest BCUT2D eigenvalue weighted by molar-refractivity contribution is 0.631. The first-order valence-corrected chi connectivity index (χ1v) is 5.79. The summed E-state index contributed by atoms with van der Waals surface area (Å²) in [5.41, 5.74) is 2.48. The fourth-order valence-corrected chi connectivity index (χ4v) is 2.28. The third kappa shape index (κ3) is 1.90. The van der Waals surface area contributed by atoms with Crippen LogP contribution in [-0.4, -0.2) is 10.2 Å². The molecule has 0 spiro atoms. The van der Waals surface area contributed by atoms with Crippen molar-refractivity contribution in [2.24, 2.45) is 0 Å². The second kappa shape index (κ2) is 4.30. The lowest BCUT2D eigenvalue weighted by atomic mass is 10.1. The second-order valence-electron chi connectivity index (χ2n) is 3.20. The Balaban J connectivity index is 2.63. The average molecular weight is 316 g/mol. The largest absolute Gasteiger partial charge is 0.281 e. The summed E-state index contributed by atoms with van der Waals surface area (Å²) in [6.07, 6.45) is 0.819. The Hall–Kier alpha value is -0.910. The maximum atomic E-state index is 13.6. The molecular formula is C11H10FIN2. The molecule has 0 amide bonds. The van der Waals surface area contributed by atoms with Crippen molar-refractivity contribution < 1.29 is 4.39 Å². The minimum Gasteiger partial charge on any atom is -0.281 e. The monoisotopic (exact) mass is 316 g/mol. The first-order chi connectivity index (χ1) is 7.24. The highest BCUT2D eigenvalue weighted by molar-refractivity contribution is 14.1. The van der Waals surface area contributed by atoms with Gasteiger partial charge in [0.2, 0.25) is 0 Å². The van der Waals surface area contributed by atoms with Gasteiger partial charge in [-0.15, -0.1) is 0 Å². The molecule has 4 heteroatoms. The molecule has 0 aliphatic carbocycles. The molecule has 0 unspecified atom stereocenters. The van der Waals surface area contributed by atoms with Crippen molar-refractivity contribution in [3.8, 4) is 11.1 Å². The molecule has 0 bridgehead atoms. The Morgan fingerprint density at radius 3 is 2.80 bits per heavy atom. The van der Waals surface area contributed by atoms with Crippen molar-refractivity contribution in [1.29, 1.82) is 0 Å². The van der Waals surface area contributed by atoms with Crippen LogP contribution in [0.2, 0.25) is 0 Å². The SMILES string of the molecule is CCc1[nH]nc(I)c1-c1ccccc1F. The molecule has 15 heavy (non-hydrogen) atoms. The highest BCUT2D eigenvalue weighted by Gasteiger charge is 2.14. The smallest absolute Gasteiger partial charge is 0.131 e. The van der Waals surface area contributed by atoms with Crippen LogP contribution in [0.5, 0.6) is 0 Å². The van der Waals surface area contributed by atoms with Crippen molar-refractivity contribution in [3.63, 3.8) is 0 Å². The van der Waals surface area contributed by atoms with E-state index in [0.717, 1.165) is 21.4 Å². The zero-order chi connectivity index (χ0) is 10.8. The normalized spacial score (nSPS) is 10.6. The number of halogens is 2. The van der Waals surface area contributed by atoms with Gasteiger partial charge in [-0.1, -0.05) is 25.1 Å². The number of H-pyrrole nitrogens is 1. The quantitative estimate of drug-likeness (QED) is 0.846. The molecule has 0 aliphatic heterocycles. The molecule has 0 radical (unpaired) electrons. The molecule has 0 saturated heterocycles. The van der Waals surface area contributed by atoms with Gasteiger partial charge in [-0.05, 0) is 35.1 Å². The zero-order valence-corrected chi connectivity index (χ0v) is 10.4. The highest BCUT2D eigenvalue weighted by atomic mass is 127. The van der Waals surface area contributed by atoms with Crippen molar-refractivity contribution in [2.75, 3.05) is 0 Å². The highest BCUT2D eigenvalue weighted by Crippen LogP contribution is 2.29. The molecule has 1 heterocycles. The maximum Gasteiger partial charge on any atom is 0.131 e. The van der Waals surface area contributed by atoms with Crippen molar-refractivity contribution in [1.82, 2.24) is 10.2 Å². The number of nitrogens with zero attached hydrogens (tertiary/aromatic N) is 1. The van der Waals surface area contributed by atoms with Gasteiger partial charge in [-0.3, -0.25) is 5.10 Å². The molecule has 2 aromatic rings. The van der Waals surface area contributed by atoms with Crippen LogP contribution < -0.4 is 0 Å². The Labute approximate surface area is 101 Å². The summed E-state index contributed by atoms with van der Waals surface area (Å²) in [5.74, 6) is -0.202. The van der Waals surface area contributed by atoms with Gasteiger partial charge >= 0.3 is 0 Å². The number of hydrogen-bond acceptors (Lipinski definition) is 1. The van der Waals surface area contributed by atoms with E-state index < -0.39 is 0 Å². The van der Waals surface area contributed by atoms with Crippen LogP contribution >= 0.6 is 22.6 Å². The molecule has 78 valence electrons. The fraction of sp³-hybridized carbons (Fsp3) is 0.182. The minimum absolute atomic E-state index is 0.202. The molecule has 0 saturated carbocycles. The number of aromatic nitrogens is 2. The Morgan fingerprint density at radius 1 is 1.40 bits per heavy atom. The Morgan fingerprint density at radius 2 is 2.13 bits per heavy atom. The first kappa shape index (κ1) is 10.6. The van der Waals surface area contributed by atoms with E-state index in [-0.39, 0.29) is 5.82 Å². The molecule has 1 N–H and O–H groups in total. The zero-order valence-electron chi connectivity index (χ0n) is 8.22. The summed E-state index contributed by atoms with van der Waals surface area (Å²) in [6.45, 7) is 2.02. The van der Waals surface area contributed by atoms with E-state index in [1.54, 1.807) is 12.1 Å². The predicted octanol–water partition coefficient (Wildman–Crippen LogP) is 3.38. The molecule has 2 nitrogen and oxygen atoms in total. The van der Waals surface area contributed by atoms with E-state index >= 15 is 0 Å². The Bertz CT molecular complexity index is 479. The van der Waals surface area contributed by atoms with Gasteiger partial charge in [0, 0.05) is 16.8 Å². The number of rotatable bonds is 2. The summed E-state index contributed by atoms with van der Waals surface area (Å²) >= 11 is 2.12. The molecule has 1 aromatic carbocycles. The van der Waals surface area contributed by atoms with Gasteiger partial charge in [0.05, 0.1) is 0 Å². The third-order valence-corrected chi connectivity index (χ3v) is 3.07. The lowest BCUT2D eigenvalue weighted by Crippen LogP contribution is -1.89. The molecule has 0 fully saturated rings. The van der Waals surface area contributed by atoms with Crippen LogP contribution in [0.4, 0.5) is 4.39 Å². The van der Waals surface area contributed by atoms with Crippen molar-refractivity contribution >= 4 is 22.6 Å². The molecule has 2 rings (SSSR count). The van der Waals surface area contributed by atoms with Gasteiger partial charge in [0.15, 0.2) is 0 Å². The number of benzene rings is 1. The van der Waals surface area contributed by atoms with Crippen LogP contribution in [0.25, 0.3) is 11.1 Å². The second-order valence-corrected chi connectivity index (χ2v) is 4.22. The summed E-state index contributed by atoms with van der Waals surface area (Å²) in [7, 11) is 0. The van der Waals surface area contributed by atoms with Crippen LogP contribution in [-0.2, 0) is 6.42 Å². The molecule has 0 aliphatic rings. The van der Waals surface area contributed by atoms with Crippen LogP contribution in [0.15, 0.2) is 24.3 Å². The van der Waals surface area contributed by atoms with E-state index in [9.17, 15) is 4.39 Å². The maximum absolute atomic E-state index is 13.6. The molecular weight excluding hydrogens is 306 g/mol. The average Bonchev–Trinajstić information content (AvgIpc) is 2.60. The molecule has 0 atom stereocenters. The van der Waals surface area contributed by atoms with Gasteiger partial charge in [-0.2, -0.15) is 5.10 Å². The standard InChI is InChI=1S/C11H10FIN2/c1-2-9-10(11(13)15-14-9)7-5-3-4-6-8(7)12/h3-6H,2H2,1H3,(H,14,15).